The monoisotopic (exact) mass is 300 g/mol. The molecule has 0 saturated carbocycles. The summed E-state index contributed by atoms with van der Waals surface area (Å²) in [7, 11) is 0. The Balaban J connectivity index is 0. The molecule has 0 aliphatic carbocycles. The van der Waals surface area contributed by atoms with Crippen LogP contribution in [0, 0.1) is 11.3 Å². The summed E-state index contributed by atoms with van der Waals surface area (Å²) in [6.07, 6.45) is 7.37. The van der Waals surface area contributed by atoms with E-state index < -0.39 is 23.3 Å². The van der Waals surface area contributed by atoms with Crippen LogP contribution in [-0.2, 0) is 14.4 Å². The second-order valence-electron chi connectivity index (χ2n) is 5.48. The van der Waals surface area contributed by atoms with Gasteiger partial charge >= 0.3 is 11.9 Å². The van der Waals surface area contributed by atoms with E-state index in [0.717, 1.165) is 19.3 Å². The second kappa shape index (κ2) is 11.1. The summed E-state index contributed by atoms with van der Waals surface area (Å²) >= 11 is 0. The highest BCUT2D eigenvalue weighted by molar-refractivity contribution is 5.96. The Morgan fingerprint density at radius 3 is 1.90 bits per heavy atom. The van der Waals surface area contributed by atoms with Crippen molar-refractivity contribution in [2.24, 2.45) is 11.3 Å². The van der Waals surface area contributed by atoms with Crippen molar-refractivity contribution < 1.29 is 24.6 Å². The van der Waals surface area contributed by atoms with Crippen LogP contribution < -0.4 is 0 Å². The van der Waals surface area contributed by atoms with E-state index in [1.54, 1.807) is 26.8 Å². The number of aliphatic carboxylic acids is 2. The van der Waals surface area contributed by atoms with Gasteiger partial charge in [-0.05, 0) is 33.6 Å². The quantitative estimate of drug-likeness (QED) is 0.406. The van der Waals surface area contributed by atoms with Gasteiger partial charge in [-0.3, -0.25) is 14.4 Å². The molecule has 1 unspecified atom stereocenters. The van der Waals surface area contributed by atoms with Crippen molar-refractivity contribution >= 4 is 17.7 Å². The lowest BCUT2D eigenvalue weighted by Gasteiger charge is -2.12. The zero-order valence-corrected chi connectivity index (χ0v) is 13.7. The van der Waals surface area contributed by atoms with Gasteiger partial charge < -0.3 is 10.2 Å². The first-order valence-corrected chi connectivity index (χ1v) is 7.24. The van der Waals surface area contributed by atoms with Crippen molar-refractivity contribution in [3.05, 3.63) is 12.2 Å². The predicted molar refractivity (Wildman–Crippen MR) is 82.2 cm³/mol. The van der Waals surface area contributed by atoms with Crippen LogP contribution in [0.1, 0.15) is 60.3 Å². The molecule has 0 spiro atoms. The van der Waals surface area contributed by atoms with Crippen molar-refractivity contribution in [1.82, 2.24) is 0 Å². The van der Waals surface area contributed by atoms with Crippen molar-refractivity contribution in [2.75, 3.05) is 0 Å². The van der Waals surface area contributed by atoms with Gasteiger partial charge in [0, 0.05) is 0 Å². The average Bonchev–Trinajstić information content (AvgIpc) is 2.35. The zero-order chi connectivity index (χ0) is 17.1. The van der Waals surface area contributed by atoms with Crippen LogP contribution >= 0.6 is 0 Å². The molecule has 0 aliphatic rings. The summed E-state index contributed by atoms with van der Waals surface area (Å²) < 4.78 is 0. The van der Waals surface area contributed by atoms with Crippen LogP contribution in [0.2, 0.25) is 0 Å². The molecule has 0 heterocycles. The van der Waals surface area contributed by atoms with E-state index in [0.29, 0.717) is 6.42 Å². The number of hydrogen-bond acceptors (Lipinski definition) is 3. The molecule has 0 aromatic carbocycles. The van der Waals surface area contributed by atoms with Crippen LogP contribution in [0.3, 0.4) is 0 Å². The Bertz CT molecular complexity index is 355. The number of carbonyl (C=O) groups is 3. The lowest BCUT2D eigenvalue weighted by atomic mass is 9.93. The number of carboxylic acids is 2. The molecule has 0 aromatic heterocycles. The normalized spacial score (nSPS) is 12.4. The van der Waals surface area contributed by atoms with Gasteiger partial charge in [0.2, 0.25) is 0 Å². The standard InChI is InChI=1S/C10H18O2.C6H10O3/c1-4-5-6-7-8-10(2,3)9(11)12;1-3-5(4(2)7)6(8)9/h7-8H,4-6H2,1-3H3,(H,11,12);5H,3H2,1-2H3,(H,8,9). The molecule has 0 rings (SSSR count). The Hall–Kier alpha value is -1.65. The van der Waals surface area contributed by atoms with Crippen LogP contribution in [0.4, 0.5) is 0 Å². The van der Waals surface area contributed by atoms with Gasteiger partial charge in [-0.25, -0.2) is 0 Å². The molecule has 5 nitrogen and oxygen atoms in total. The summed E-state index contributed by atoms with van der Waals surface area (Å²) in [5, 5.41) is 17.1. The fraction of sp³-hybridized carbons (Fsp3) is 0.688. The third-order valence-corrected chi connectivity index (χ3v) is 3.01. The largest absolute Gasteiger partial charge is 0.481 e. The highest BCUT2D eigenvalue weighted by Crippen LogP contribution is 2.17. The molecular weight excluding hydrogens is 272 g/mol. The van der Waals surface area contributed by atoms with E-state index in [1.165, 1.54) is 6.92 Å². The topological polar surface area (TPSA) is 91.7 Å². The van der Waals surface area contributed by atoms with Crippen molar-refractivity contribution in [2.45, 2.75) is 60.3 Å². The zero-order valence-electron chi connectivity index (χ0n) is 13.7. The fourth-order valence-corrected chi connectivity index (χ4v) is 1.41. The minimum Gasteiger partial charge on any atom is -0.481 e. The molecule has 0 aromatic rings. The molecule has 0 aliphatic heterocycles. The van der Waals surface area contributed by atoms with E-state index in [4.69, 9.17) is 10.2 Å². The molecule has 2 N–H and O–H groups in total. The lowest BCUT2D eigenvalue weighted by Crippen LogP contribution is -2.20. The molecular formula is C16H28O5. The molecule has 0 radical (unpaired) electrons. The number of carboxylic acid groups (broad SMARTS) is 2. The van der Waals surface area contributed by atoms with E-state index >= 15 is 0 Å². The summed E-state index contributed by atoms with van der Waals surface area (Å²) in [6.45, 7) is 8.51. The number of allylic oxidation sites excluding steroid dienone is 1. The maximum atomic E-state index is 10.6. The van der Waals surface area contributed by atoms with Gasteiger partial charge in [-0.15, -0.1) is 0 Å². The first kappa shape index (κ1) is 21.6. The third-order valence-electron chi connectivity index (χ3n) is 3.01. The molecule has 21 heavy (non-hydrogen) atoms. The number of carbonyl (C=O) groups excluding carboxylic acids is 1. The van der Waals surface area contributed by atoms with Gasteiger partial charge in [0.25, 0.3) is 0 Å². The highest BCUT2D eigenvalue weighted by Gasteiger charge is 2.22. The molecule has 0 saturated heterocycles. The summed E-state index contributed by atoms with van der Waals surface area (Å²) in [5.74, 6) is -2.87. The number of rotatable bonds is 8. The van der Waals surface area contributed by atoms with Crippen LogP contribution in [-0.4, -0.2) is 27.9 Å². The third kappa shape index (κ3) is 10.8. The number of ketones is 1. The average molecular weight is 300 g/mol. The lowest BCUT2D eigenvalue weighted by molar-refractivity contribution is -0.146. The van der Waals surface area contributed by atoms with Crippen LogP contribution in [0.5, 0.6) is 0 Å². The number of Topliss-reactive ketones (excluding diaryl/α,β-unsaturated/α-hetero) is 1. The highest BCUT2D eigenvalue weighted by atomic mass is 16.4. The van der Waals surface area contributed by atoms with Crippen molar-refractivity contribution in [3.8, 4) is 0 Å². The minimum atomic E-state index is -1.02. The van der Waals surface area contributed by atoms with Gasteiger partial charge in [-0.2, -0.15) is 0 Å². The number of hydrogen-bond donors (Lipinski definition) is 2. The van der Waals surface area contributed by atoms with Crippen LogP contribution in [0.15, 0.2) is 12.2 Å². The number of unbranched alkanes of at least 4 members (excludes halogenated alkanes) is 2. The Kier molecular flexibility index (Phi) is 11.4. The smallest absolute Gasteiger partial charge is 0.314 e. The minimum absolute atomic E-state index is 0.273. The Morgan fingerprint density at radius 2 is 1.67 bits per heavy atom. The van der Waals surface area contributed by atoms with E-state index in [-0.39, 0.29) is 5.78 Å². The van der Waals surface area contributed by atoms with E-state index in [1.807, 2.05) is 6.08 Å². The van der Waals surface area contributed by atoms with Gasteiger partial charge in [0.15, 0.2) is 0 Å². The van der Waals surface area contributed by atoms with E-state index in [2.05, 4.69) is 6.92 Å². The Labute approximate surface area is 127 Å². The fourth-order valence-electron chi connectivity index (χ4n) is 1.41. The SMILES string of the molecule is CCC(C(C)=O)C(=O)O.CCCCC=CC(C)(C)C(=O)O. The molecule has 1 atom stereocenters. The van der Waals surface area contributed by atoms with Crippen molar-refractivity contribution in [1.29, 1.82) is 0 Å². The molecule has 0 fully saturated rings. The Morgan fingerprint density at radius 1 is 1.14 bits per heavy atom. The maximum Gasteiger partial charge on any atom is 0.314 e. The van der Waals surface area contributed by atoms with Gasteiger partial charge in [0.1, 0.15) is 11.7 Å². The maximum absolute atomic E-state index is 10.6. The summed E-state index contributed by atoms with van der Waals surface area (Å²) in [4.78, 5) is 31.2. The summed E-state index contributed by atoms with van der Waals surface area (Å²) in [6, 6.07) is 0. The first-order valence-electron chi connectivity index (χ1n) is 7.24. The molecule has 0 amide bonds. The van der Waals surface area contributed by atoms with E-state index in [9.17, 15) is 14.4 Å². The van der Waals surface area contributed by atoms with Crippen LogP contribution in [0.25, 0.3) is 0 Å². The molecule has 5 heteroatoms. The molecule has 122 valence electrons. The summed E-state index contributed by atoms with van der Waals surface area (Å²) in [5.41, 5.74) is -0.715. The van der Waals surface area contributed by atoms with Crippen molar-refractivity contribution in [3.63, 3.8) is 0 Å². The second-order valence-corrected chi connectivity index (χ2v) is 5.48. The van der Waals surface area contributed by atoms with Gasteiger partial charge in [-0.1, -0.05) is 38.8 Å². The predicted octanol–water partition coefficient (Wildman–Crippen LogP) is 3.53. The first-order chi connectivity index (χ1) is 9.60. The van der Waals surface area contributed by atoms with Gasteiger partial charge in [0.05, 0.1) is 5.41 Å². The molecule has 0 bridgehead atoms.